The Hall–Kier alpha value is -0.180. The van der Waals surface area contributed by atoms with Gasteiger partial charge < -0.3 is 5.32 Å². The second-order valence-electron chi connectivity index (χ2n) is 4.94. The van der Waals surface area contributed by atoms with E-state index in [9.17, 15) is 8.42 Å². The highest BCUT2D eigenvalue weighted by atomic mass is 127. The molecule has 1 aliphatic heterocycles. The van der Waals surface area contributed by atoms with Crippen LogP contribution in [0.4, 0.5) is 0 Å². The summed E-state index contributed by atoms with van der Waals surface area (Å²) in [6.45, 7) is 2.10. The number of rotatable bonds is 4. The van der Waals surface area contributed by atoms with E-state index in [4.69, 9.17) is 0 Å². The number of hydrogen-bond donors (Lipinski definition) is 1. The Labute approximate surface area is 128 Å². The van der Waals surface area contributed by atoms with Crippen molar-refractivity contribution in [2.45, 2.75) is 25.4 Å². The number of nitrogens with zero attached hydrogens (tertiary/aromatic N) is 1. The molecule has 4 nitrogen and oxygen atoms in total. The third-order valence-electron chi connectivity index (χ3n) is 3.43. The molecule has 2 rings (SSSR count). The monoisotopic (exact) mass is 394 g/mol. The standard InChI is InChI=1S/C13H19IN2O2S/c1-19(17,18)16-8-6-13(7-9-16)15-10-11-2-4-12(14)5-3-11/h2-5,13,15H,6-10H2,1H3. The predicted molar refractivity (Wildman–Crippen MR) is 85.4 cm³/mol. The second kappa shape index (κ2) is 6.51. The first-order chi connectivity index (χ1) is 8.95. The van der Waals surface area contributed by atoms with E-state index in [1.165, 1.54) is 15.4 Å². The molecule has 1 aromatic rings. The summed E-state index contributed by atoms with van der Waals surface area (Å²) in [6, 6.07) is 8.87. The number of nitrogens with one attached hydrogen (secondary N) is 1. The van der Waals surface area contributed by atoms with Crippen LogP contribution < -0.4 is 5.32 Å². The number of sulfonamides is 1. The molecule has 0 aromatic heterocycles. The second-order valence-corrected chi connectivity index (χ2v) is 8.17. The molecule has 0 unspecified atom stereocenters. The van der Waals surface area contributed by atoms with E-state index in [0.717, 1.165) is 19.4 Å². The summed E-state index contributed by atoms with van der Waals surface area (Å²) in [5, 5.41) is 3.51. The van der Waals surface area contributed by atoms with Gasteiger partial charge in [0.1, 0.15) is 0 Å². The lowest BCUT2D eigenvalue weighted by molar-refractivity contribution is 0.290. The van der Waals surface area contributed by atoms with Crippen LogP contribution in [-0.4, -0.2) is 38.1 Å². The van der Waals surface area contributed by atoms with Crippen LogP contribution in [0.3, 0.4) is 0 Å². The van der Waals surface area contributed by atoms with E-state index in [0.29, 0.717) is 19.1 Å². The van der Waals surface area contributed by atoms with E-state index in [1.807, 2.05) is 0 Å². The third-order valence-corrected chi connectivity index (χ3v) is 5.45. The minimum atomic E-state index is -3.02. The first kappa shape index (κ1) is 15.2. The van der Waals surface area contributed by atoms with Crippen molar-refractivity contribution < 1.29 is 8.42 Å². The minimum absolute atomic E-state index is 0.414. The van der Waals surface area contributed by atoms with Crippen LogP contribution in [-0.2, 0) is 16.6 Å². The van der Waals surface area contributed by atoms with Gasteiger partial charge in [0.25, 0.3) is 0 Å². The van der Waals surface area contributed by atoms with Gasteiger partial charge in [-0.25, -0.2) is 12.7 Å². The topological polar surface area (TPSA) is 49.4 Å². The van der Waals surface area contributed by atoms with Crippen molar-refractivity contribution in [1.82, 2.24) is 9.62 Å². The van der Waals surface area contributed by atoms with Crippen molar-refractivity contribution in [2.75, 3.05) is 19.3 Å². The summed E-state index contributed by atoms with van der Waals surface area (Å²) in [4.78, 5) is 0. The van der Waals surface area contributed by atoms with Crippen molar-refractivity contribution in [3.63, 3.8) is 0 Å². The maximum Gasteiger partial charge on any atom is 0.211 e. The summed E-state index contributed by atoms with van der Waals surface area (Å²) in [6.07, 6.45) is 3.06. The molecule has 0 spiro atoms. The number of hydrogen-bond acceptors (Lipinski definition) is 3. The van der Waals surface area contributed by atoms with Gasteiger partial charge in [0.15, 0.2) is 0 Å². The van der Waals surface area contributed by atoms with E-state index in [2.05, 4.69) is 52.2 Å². The molecule has 0 atom stereocenters. The minimum Gasteiger partial charge on any atom is -0.310 e. The molecular formula is C13H19IN2O2S. The molecule has 1 fully saturated rings. The average Bonchev–Trinajstić information content (AvgIpc) is 2.37. The Morgan fingerprint density at radius 3 is 2.37 bits per heavy atom. The Morgan fingerprint density at radius 2 is 1.84 bits per heavy atom. The fourth-order valence-electron chi connectivity index (χ4n) is 2.26. The Balaban J connectivity index is 1.78. The Bertz CT molecular complexity index is 508. The van der Waals surface area contributed by atoms with E-state index >= 15 is 0 Å². The fraction of sp³-hybridized carbons (Fsp3) is 0.538. The van der Waals surface area contributed by atoms with Crippen LogP contribution in [0.5, 0.6) is 0 Å². The lowest BCUT2D eigenvalue weighted by atomic mass is 10.1. The van der Waals surface area contributed by atoms with Crippen molar-refractivity contribution in [3.8, 4) is 0 Å². The first-order valence-electron chi connectivity index (χ1n) is 6.38. The molecule has 1 saturated heterocycles. The molecule has 6 heteroatoms. The van der Waals surface area contributed by atoms with Crippen molar-refractivity contribution in [1.29, 1.82) is 0 Å². The zero-order valence-electron chi connectivity index (χ0n) is 11.0. The third kappa shape index (κ3) is 4.70. The first-order valence-corrected chi connectivity index (χ1v) is 9.31. The van der Waals surface area contributed by atoms with Crippen LogP contribution in [0, 0.1) is 3.57 Å². The molecule has 1 aliphatic rings. The average molecular weight is 394 g/mol. The van der Waals surface area contributed by atoms with Crippen LogP contribution in [0.2, 0.25) is 0 Å². The molecule has 1 N–H and O–H groups in total. The largest absolute Gasteiger partial charge is 0.310 e. The molecule has 19 heavy (non-hydrogen) atoms. The molecular weight excluding hydrogens is 375 g/mol. The van der Waals surface area contributed by atoms with Crippen LogP contribution in [0.1, 0.15) is 18.4 Å². The number of piperidine rings is 1. The van der Waals surface area contributed by atoms with Gasteiger partial charge in [-0.15, -0.1) is 0 Å². The summed E-state index contributed by atoms with van der Waals surface area (Å²) in [7, 11) is -3.02. The van der Waals surface area contributed by atoms with E-state index in [1.54, 1.807) is 4.31 Å². The highest BCUT2D eigenvalue weighted by molar-refractivity contribution is 14.1. The van der Waals surface area contributed by atoms with Crippen molar-refractivity contribution in [2.24, 2.45) is 0 Å². The maximum atomic E-state index is 11.4. The summed E-state index contributed by atoms with van der Waals surface area (Å²) < 4.78 is 25.6. The highest BCUT2D eigenvalue weighted by Gasteiger charge is 2.24. The molecule has 1 heterocycles. The van der Waals surface area contributed by atoms with Crippen LogP contribution >= 0.6 is 22.6 Å². The normalized spacial score (nSPS) is 18.6. The van der Waals surface area contributed by atoms with Crippen LogP contribution in [0.25, 0.3) is 0 Å². The lowest BCUT2D eigenvalue weighted by Gasteiger charge is -2.30. The quantitative estimate of drug-likeness (QED) is 0.793. The predicted octanol–water partition coefficient (Wildman–Crippen LogP) is 1.80. The van der Waals surface area contributed by atoms with E-state index < -0.39 is 10.0 Å². The van der Waals surface area contributed by atoms with Gasteiger partial charge in [-0.05, 0) is 53.1 Å². The molecule has 0 saturated carbocycles. The fourth-order valence-corrected chi connectivity index (χ4v) is 3.49. The molecule has 0 aliphatic carbocycles. The maximum absolute atomic E-state index is 11.4. The van der Waals surface area contributed by atoms with Gasteiger partial charge in [0.05, 0.1) is 6.26 Å². The molecule has 106 valence electrons. The van der Waals surface area contributed by atoms with Gasteiger partial charge in [-0.3, -0.25) is 0 Å². The van der Waals surface area contributed by atoms with Gasteiger partial charge in [-0.2, -0.15) is 0 Å². The van der Waals surface area contributed by atoms with Crippen molar-refractivity contribution >= 4 is 32.6 Å². The van der Waals surface area contributed by atoms with Gasteiger partial charge in [0.2, 0.25) is 10.0 Å². The smallest absolute Gasteiger partial charge is 0.211 e. The SMILES string of the molecule is CS(=O)(=O)N1CCC(NCc2ccc(I)cc2)CC1. The van der Waals surface area contributed by atoms with Gasteiger partial charge >= 0.3 is 0 Å². The van der Waals surface area contributed by atoms with Crippen molar-refractivity contribution in [3.05, 3.63) is 33.4 Å². The molecule has 0 bridgehead atoms. The summed E-state index contributed by atoms with van der Waals surface area (Å²) in [5.41, 5.74) is 1.27. The van der Waals surface area contributed by atoms with Gasteiger partial charge in [0, 0.05) is 29.2 Å². The number of benzene rings is 1. The highest BCUT2D eigenvalue weighted by Crippen LogP contribution is 2.14. The zero-order valence-corrected chi connectivity index (χ0v) is 13.9. The van der Waals surface area contributed by atoms with Crippen LogP contribution in [0.15, 0.2) is 24.3 Å². The zero-order chi connectivity index (χ0) is 13.9. The summed E-state index contributed by atoms with van der Waals surface area (Å²) >= 11 is 2.29. The number of halogens is 1. The molecule has 0 amide bonds. The Morgan fingerprint density at radius 1 is 1.26 bits per heavy atom. The summed E-state index contributed by atoms with van der Waals surface area (Å²) in [5.74, 6) is 0. The lowest BCUT2D eigenvalue weighted by Crippen LogP contribution is -2.44. The molecule has 1 aromatic carbocycles. The van der Waals surface area contributed by atoms with E-state index in [-0.39, 0.29) is 0 Å². The van der Waals surface area contributed by atoms with Gasteiger partial charge in [-0.1, -0.05) is 12.1 Å². The Kier molecular flexibility index (Phi) is 5.22. The molecule has 0 radical (unpaired) electrons.